The van der Waals surface area contributed by atoms with E-state index in [0.717, 1.165) is 13.0 Å². The summed E-state index contributed by atoms with van der Waals surface area (Å²) in [6, 6.07) is 18.7. The van der Waals surface area contributed by atoms with Crippen molar-refractivity contribution >= 4 is 16.9 Å². The number of para-hydroxylation sites is 1. The van der Waals surface area contributed by atoms with Gasteiger partial charge >= 0.3 is 5.63 Å². The van der Waals surface area contributed by atoms with Crippen LogP contribution in [-0.2, 0) is 4.79 Å². The van der Waals surface area contributed by atoms with Gasteiger partial charge in [-0.25, -0.2) is 4.79 Å². The van der Waals surface area contributed by atoms with Gasteiger partial charge in [-0.05, 0) is 24.1 Å². The van der Waals surface area contributed by atoms with Crippen LogP contribution in [0.15, 0.2) is 69.9 Å². The Morgan fingerprint density at radius 2 is 1.88 bits per heavy atom. The molecule has 1 aliphatic rings. The van der Waals surface area contributed by atoms with Crippen LogP contribution in [0.3, 0.4) is 0 Å². The van der Waals surface area contributed by atoms with Crippen molar-refractivity contribution in [2.45, 2.75) is 12.3 Å². The fourth-order valence-electron chi connectivity index (χ4n) is 3.42. The number of fused-ring (bicyclic) bond motifs is 1. The molecule has 1 aromatic heterocycles. The molecule has 0 spiro atoms. The lowest BCUT2D eigenvalue weighted by Crippen LogP contribution is -2.33. The van der Waals surface area contributed by atoms with Crippen molar-refractivity contribution in [2.75, 3.05) is 19.7 Å². The topological polar surface area (TPSA) is 59.8 Å². The van der Waals surface area contributed by atoms with Crippen LogP contribution in [-0.4, -0.2) is 30.5 Å². The first-order chi connectivity index (χ1) is 12.7. The lowest BCUT2D eigenvalue weighted by molar-refractivity contribution is -0.132. The molecule has 0 saturated carbocycles. The zero-order valence-electron chi connectivity index (χ0n) is 14.3. The van der Waals surface area contributed by atoms with Gasteiger partial charge in [-0.3, -0.25) is 4.79 Å². The van der Waals surface area contributed by atoms with E-state index in [4.69, 9.17) is 9.15 Å². The van der Waals surface area contributed by atoms with E-state index in [9.17, 15) is 9.59 Å². The maximum atomic E-state index is 12.5. The number of benzene rings is 2. The number of amides is 1. The van der Waals surface area contributed by atoms with Crippen LogP contribution in [0.4, 0.5) is 0 Å². The van der Waals surface area contributed by atoms with Crippen molar-refractivity contribution in [1.29, 1.82) is 0 Å². The highest BCUT2D eigenvalue weighted by atomic mass is 16.5. The van der Waals surface area contributed by atoms with E-state index in [2.05, 4.69) is 12.1 Å². The maximum Gasteiger partial charge on any atom is 0.339 e. The second kappa shape index (κ2) is 7.04. The molecule has 1 saturated heterocycles. The van der Waals surface area contributed by atoms with Gasteiger partial charge in [0, 0.05) is 19.0 Å². The monoisotopic (exact) mass is 349 g/mol. The van der Waals surface area contributed by atoms with Crippen molar-refractivity contribution in [3.8, 4) is 5.75 Å². The highest BCUT2D eigenvalue weighted by Crippen LogP contribution is 2.27. The molecular weight excluding hydrogens is 330 g/mol. The van der Waals surface area contributed by atoms with Crippen LogP contribution >= 0.6 is 0 Å². The summed E-state index contributed by atoms with van der Waals surface area (Å²) in [7, 11) is 0. The number of ether oxygens (including phenoxy) is 1. The predicted molar refractivity (Wildman–Crippen MR) is 98.4 cm³/mol. The normalized spacial score (nSPS) is 16.8. The third-order valence-electron chi connectivity index (χ3n) is 4.78. The highest BCUT2D eigenvalue weighted by Gasteiger charge is 2.27. The molecule has 0 bridgehead atoms. The minimum Gasteiger partial charge on any atom is -0.483 e. The fraction of sp³-hybridized carbons (Fsp3) is 0.238. The van der Waals surface area contributed by atoms with Crippen molar-refractivity contribution < 1.29 is 13.9 Å². The van der Waals surface area contributed by atoms with Gasteiger partial charge in [0.25, 0.3) is 5.91 Å². The average Bonchev–Trinajstić information content (AvgIpc) is 3.17. The van der Waals surface area contributed by atoms with Crippen molar-refractivity contribution in [3.63, 3.8) is 0 Å². The first-order valence-corrected chi connectivity index (χ1v) is 8.69. The predicted octanol–water partition coefficient (Wildman–Crippen LogP) is 3.19. The highest BCUT2D eigenvalue weighted by molar-refractivity contribution is 5.84. The van der Waals surface area contributed by atoms with Gasteiger partial charge in [-0.2, -0.15) is 0 Å². The van der Waals surface area contributed by atoms with E-state index in [1.165, 1.54) is 11.6 Å². The van der Waals surface area contributed by atoms with Crippen molar-refractivity contribution in [1.82, 2.24) is 4.90 Å². The smallest absolute Gasteiger partial charge is 0.339 e. The quantitative estimate of drug-likeness (QED) is 0.679. The number of hydrogen-bond acceptors (Lipinski definition) is 4. The van der Waals surface area contributed by atoms with Crippen LogP contribution < -0.4 is 10.4 Å². The molecule has 4 rings (SSSR count). The Labute approximate surface area is 150 Å². The molecule has 2 heterocycles. The number of hydrogen-bond donors (Lipinski definition) is 0. The van der Waals surface area contributed by atoms with Crippen LogP contribution in [0.25, 0.3) is 11.0 Å². The molecular formula is C21H19NO4. The Balaban J connectivity index is 1.43. The van der Waals surface area contributed by atoms with Crippen LogP contribution in [0.2, 0.25) is 0 Å². The minimum atomic E-state index is -0.489. The lowest BCUT2D eigenvalue weighted by Gasteiger charge is -2.17. The molecule has 132 valence electrons. The van der Waals surface area contributed by atoms with E-state index < -0.39 is 5.63 Å². The summed E-state index contributed by atoms with van der Waals surface area (Å²) in [5.74, 6) is 0.675. The Morgan fingerprint density at radius 1 is 1.12 bits per heavy atom. The van der Waals surface area contributed by atoms with E-state index >= 15 is 0 Å². The summed E-state index contributed by atoms with van der Waals surface area (Å²) in [5.41, 5.74) is 1.22. The van der Waals surface area contributed by atoms with E-state index in [-0.39, 0.29) is 12.5 Å². The molecule has 0 N–H and O–H groups in total. The second-order valence-corrected chi connectivity index (χ2v) is 6.45. The molecule has 3 aromatic rings. The first-order valence-electron chi connectivity index (χ1n) is 8.69. The van der Waals surface area contributed by atoms with Crippen LogP contribution in [0.5, 0.6) is 5.75 Å². The molecule has 1 amide bonds. The van der Waals surface area contributed by atoms with E-state index in [0.29, 0.717) is 29.2 Å². The van der Waals surface area contributed by atoms with Crippen molar-refractivity contribution in [3.05, 3.63) is 76.6 Å². The minimum absolute atomic E-state index is 0.0687. The molecule has 0 radical (unpaired) electrons. The maximum absolute atomic E-state index is 12.5. The van der Waals surface area contributed by atoms with Crippen LogP contribution in [0, 0.1) is 0 Å². The van der Waals surface area contributed by atoms with Crippen molar-refractivity contribution in [2.24, 2.45) is 0 Å². The third-order valence-corrected chi connectivity index (χ3v) is 4.78. The number of carbonyl (C=O) groups is 1. The summed E-state index contributed by atoms with van der Waals surface area (Å²) < 4.78 is 10.8. The number of rotatable bonds is 4. The van der Waals surface area contributed by atoms with Gasteiger partial charge in [0.2, 0.25) is 0 Å². The number of likely N-dealkylation sites (tertiary alicyclic amines) is 1. The summed E-state index contributed by atoms with van der Waals surface area (Å²) >= 11 is 0. The number of carbonyl (C=O) groups excluding carboxylic acids is 1. The van der Waals surface area contributed by atoms with Gasteiger partial charge in [-0.1, -0.05) is 42.5 Å². The summed E-state index contributed by atoms with van der Waals surface area (Å²) in [4.78, 5) is 26.0. The SMILES string of the molecule is O=C(COc1cc(=O)oc2ccccc12)N1CCC(c2ccccc2)C1. The average molecular weight is 349 g/mol. The van der Waals surface area contributed by atoms with E-state index in [1.807, 2.05) is 29.2 Å². The zero-order valence-corrected chi connectivity index (χ0v) is 14.3. The van der Waals surface area contributed by atoms with Gasteiger partial charge in [0.15, 0.2) is 6.61 Å². The van der Waals surface area contributed by atoms with Gasteiger partial charge < -0.3 is 14.1 Å². The summed E-state index contributed by atoms with van der Waals surface area (Å²) in [5, 5.41) is 0.684. The molecule has 0 aliphatic carbocycles. The lowest BCUT2D eigenvalue weighted by atomic mass is 9.99. The van der Waals surface area contributed by atoms with E-state index in [1.54, 1.807) is 18.2 Å². The molecule has 1 atom stereocenters. The Bertz CT molecular complexity index is 980. The first kappa shape index (κ1) is 16.4. The van der Waals surface area contributed by atoms with Gasteiger partial charge in [0.1, 0.15) is 11.3 Å². The van der Waals surface area contributed by atoms with Gasteiger partial charge in [0.05, 0.1) is 11.5 Å². The fourth-order valence-corrected chi connectivity index (χ4v) is 3.42. The molecule has 1 unspecified atom stereocenters. The zero-order chi connectivity index (χ0) is 17.9. The Kier molecular flexibility index (Phi) is 4.44. The Hall–Kier alpha value is -3.08. The molecule has 1 aliphatic heterocycles. The summed E-state index contributed by atoms with van der Waals surface area (Å²) in [6.45, 7) is 1.33. The third kappa shape index (κ3) is 3.33. The second-order valence-electron chi connectivity index (χ2n) is 6.45. The summed E-state index contributed by atoms with van der Waals surface area (Å²) in [6.07, 6.45) is 0.952. The molecule has 1 fully saturated rings. The molecule has 5 nitrogen and oxygen atoms in total. The Morgan fingerprint density at radius 3 is 2.73 bits per heavy atom. The van der Waals surface area contributed by atoms with Crippen LogP contribution in [0.1, 0.15) is 17.9 Å². The molecule has 5 heteroatoms. The van der Waals surface area contributed by atoms with Gasteiger partial charge in [-0.15, -0.1) is 0 Å². The molecule has 26 heavy (non-hydrogen) atoms. The molecule has 2 aromatic carbocycles. The largest absolute Gasteiger partial charge is 0.483 e. The standard InChI is InChI=1S/C21H19NO4/c23-20(22-11-10-16(13-22)15-6-2-1-3-7-15)14-25-19-12-21(24)26-18-9-5-4-8-17(18)19/h1-9,12,16H,10-11,13-14H2. The number of nitrogens with zero attached hydrogens (tertiary/aromatic N) is 1.